The molecular formula is C12H16N2O3. The topological polar surface area (TPSA) is 66.6 Å². The maximum Gasteiger partial charge on any atom is 0.276 e. The molecule has 5 nitrogen and oxygen atoms in total. The van der Waals surface area contributed by atoms with Crippen molar-refractivity contribution in [1.29, 1.82) is 0 Å². The lowest BCUT2D eigenvalue weighted by molar-refractivity contribution is 0.0732. The van der Waals surface area contributed by atoms with Gasteiger partial charge in [0.05, 0.1) is 6.61 Å². The lowest BCUT2D eigenvalue weighted by Gasteiger charge is -2.17. The highest BCUT2D eigenvalue weighted by molar-refractivity contribution is 5.92. The maximum atomic E-state index is 12.0. The predicted octanol–water partition coefficient (Wildman–Crippen LogP) is 1.17. The summed E-state index contributed by atoms with van der Waals surface area (Å²) in [4.78, 5) is 13.5. The molecular weight excluding hydrogens is 220 g/mol. The molecule has 1 aliphatic carbocycles. The van der Waals surface area contributed by atoms with Gasteiger partial charge in [0, 0.05) is 25.1 Å². The first-order valence-electron chi connectivity index (χ1n) is 5.74. The summed E-state index contributed by atoms with van der Waals surface area (Å²) in [5.74, 6) is 1.00. The zero-order chi connectivity index (χ0) is 12.3. The molecule has 0 radical (unpaired) electrons. The van der Waals surface area contributed by atoms with Gasteiger partial charge in [0.1, 0.15) is 5.76 Å². The Morgan fingerprint density at radius 3 is 3.06 bits per heavy atom. The number of hydrogen-bond acceptors (Lipinski definition) is 4. The van der Waals surface area contributed by atoms with Gasteiger partial charge in [-0.1, -0.05) is 11.2 Å². The lowest BCUT2D eigenvalue weighted by atomic mass is 10.2. The van der Waals surface area contributed by atoms with Crippen molar-refractivity contribution in [2.75, 3.05) is 19.7 Å². The highest BCUT2D eigenvalue weighted by Gasteiger charge is 2.29. The highest BCUT2D eigenvalue weighted by atomic mass is 16.5. The van der Waals surface area contributed by atoms with Crippen LogP contribution in [0.25, 0.3) is 0 Å². The van der Waals surface area contributed by atoms with Crippen LogP contribution in [0.3, 0.4) is 0 Å². The van der Waals surface area contributed by atoms with E-state index in [9.17, 15) is 4.79 Å². The molecule has 17 heavy (non-hydrogen) atoms. The Morgan fingerprint density at radius 2 is 2.47 bits per heavy atom. The molecule has 1 aromatic rings. The van der Waals surface area contributed by atoms with Crippen LogP contribution in [-0.2, 0) is 0 Å². The summed E-state index contributed by atoms with van der Waals surface area (Å²) in [5, 5.41) is 12.7. The van der Waals surface area contributed by atoms with E-state index in [0.717, 1.165) is 18.6 Å². The van der Waals surface area contributed by atoms with Crippen LogP contribution in [0.5, 0.6) is 0 Å². The summed E-state index contributed by atoms with van der Waals surface area (Å²) in [6.07, 6.45) is 3.83. The summed E-state index contributed by atoms with van der Waals surface area (Å²) >= 11 is 0. The Balaban J connectivity index is 2.06. The van der Waals surface area contributed by atoms with Crippen molar-refractivity contribution in [3.8, 4) is 0 Å². The third-order valence-corrected chi connectivity index (χ3v) is 2.73. The van der Waals surface area contributed by atoms with Crippen LogP contribution in [0.4, 0.5) is 0 Å². The third kappa shape index (κ3) is 2.74. The van der Waals surface area contributed by atoms with Gasteiger partial charge in [-0.2, -0.15) is 0 Å². The molecule has 92 valence electrons. The fraction of sp³-hybridized carbons (Fsp3) is 0.500. The molecule has 0 aliphatic heterocycles. The summed E-state index contributed by atoms with van der Waals surface area (Å²) in [6.45, 7) is 4.17. The van der Waals surface area contributed by atoms with Crippen LogP contribution >= 0.6 is 0 Å². The summed E-state index contributed by atoms with van der Waals surface area (Å²) in [5.41, 5.74) is 0.308. The first kappa shape index (κ1) is 11.9. The van der Waals surface area contributed by atoms with Gasteiger partial charge in [0.15, 0.2) is 5.69 Å². The average molecular weight is 236 g/mol. The molecule has 1 heterocycles. The van der Waals surface area contributed by atoms with Crippen molar-refractivity contribution in [2.45, 2.75) is 18.8 Å². The second-order valence-electron chi connectivity index (χ2n) is 4.15. The van der Waals surface area contributed by atoms with Crippen molar-refractivity contribution >= 4 is 5.91 Å². The molecule has 1 aromatic heterocycles. The van der Waals surface area contributed by atoms with E-state index in [2.05, 4.69) is 11.7 Å². The molecule has 0 spiro atoms. The normalized spacial score (nSPS) is 14.6. The van der Waals surface area contributed by atoms with Crippen molar-refractivity contribution in [1.82, 2.24) is 10.1 Å². The smallest absolute Gasteiger partial charge is 0.276 e. The molecule has 0 unspecified atom stereocenters. The first-order valence-corrected chi connectivity index (χ1v) is 5.74. The number of aromatic nitrogens is 1. The number of nitrogens with zero attached hydrogens (tertiary/aromatic N) is 2. The molecule has 1 fully saturated rings. The van der Waals surface area contributed by atoms with Gasteiger partial charge in [0.25, 0.3) is 5.91 Å². The van der Waals surface area contributed by atoms with E-state index in [1.54, 1.807) is 12.1 Å². The molecule has 1 saturated carbocycles. The SMILES string of the molecule is C=CCN(CCO)C(=O)c1cc(C2CC2)on1. The minimum Gasteiger partial charge on any atom is -0.395 e. The van der Waals surface area contributed by atoms with Crippen LogP contribution in [-0.4, -0.2) is 40.8 Å². The van der Waals surface area contributed by atoms with Gasteiger partial charge in [-0.3, -0.25) is 4.79 Å². The fourth-order valence-electron chi connectivity index (χ4n) is 1.66. The Kier molecular flexibility index (Phi) is 3.58. The van der Waals surface area contributed by atoms with Gasteiger partial charge < -0.3 is 14.5 Å². The van der Waals surface area contributed by atoms with E-state index < -0.39 is 0 Å². The highest BCUT2D eigenvalue weighted by Crippen LogP contribution is 2.40. The van der Waals surface area contributed by atoms with Crippen molar-refractivity contribution in [3.05, 3.63) is 30.2 Å². The Morgan fingerprint density at radius 1 is 1.71 bits per heavy atom. The second kappa shape index (κ2) is 5.14. The fourth-order valence-corrected chi connectivity index (χ4v) is 1.66. The van der Waals surface area contributed by atoms with Crippen molar-refractivity contribution < 1.29 is 14.4 Å². The monoisotopic (exact) mass is 236 g/mol. The summed E-state index contributed by atoms with van der Waals surface area (Å²) in [7, 11) is 0. The number of hydrogen-bond donors (Lipinski definition) is 1. The zero-order valence-electron chi connectivity index (χ0n) is 9.63. The largest absolute Gasteiger partial charge is 0.395 e. The van der Waals surface area contributed by atoms with Gasteiger partial charge in [-0.25, -0.2) is 0 Å². The molecule has 0 saturated heterocycles. The minimum atomic E-state index is -0.227. The van der Waals surface area contributed by atoms with E-state index in [0.29, 0.717) is 18.2 Å². The van der Waals surface area contributed by atoms with Crippen molar-refractivity contribution in [2.24, 2.45) is 0 Å². The quantitative estimate of drug-likeness (QED) is 0.753. The zero-order valence-corrected chi connectivity index (χ0v) is 9.63. The van der Waals surface area contributed by atoms with Gasteiger partial charge in [-0.05, 0) is 12.8 Å². The van der Waals surface area contributed by atoms with Crippen LogP contribution in [0.15, 0.2) is 23.2 Å². The molecule has 1 aliphatic rings. The average Bonchev–Trinajstić information content (AvgIpc) is 3.06. The summed E-state index contributed by atoms with van der Waals surface area (Å²) in [6, 6.07) is 1.70. The number of aliphatic hydroxyl groups is 1. The summed E-state index contributed by atoms with van der Waals surface area (Å²) < 4.78 is 5.13. The predicted molar refractivity (Wildman–Crippen MR) is 61.7 cm³/mol. The Hall–Kier alpha value is -1.62. The van der Waals surface area contributed by atoms with Crippen LogP contribution in [0.2, 0.25) is 0 Å². The van der Waals surface area contributed by atoms with E-state index in [-0.39, 0.29) is 19.1 Å². The molecule has 0 aromatic carbocycles. The van der Waals surface area contributed by atoms with Gasteiger partial charge in [-0.15, -0.1) is 6.58 Å². The van der Waals surface area contributed by atoms with Gasteiger partial charge in [0.2, 0.25) is 0 Å². The third-order valence-electron chi connectivity index (χ3n) is 2.73. The number of amides is 1. The van der Waals surface area contributed by atoms with E-state index >= 15 is 0 Å². The van der Waals surface area contributed by atoms with E-state index in [4.69, 9.17) is 9.63 Å². The standard InChI is InChI=1S/C12H16N2O3/c1-2-5-14(6-7-15)12(16)10-8-11(17-13-10)9-3-4-9/h2,8-9,15H,1,3-7H2. The second-order valence-corrected chi connectivity index (χ2v) is 4.15. The van der Waals surface area contributed by atoms with Gasteiger partial charge >= 0.3 is 0 Å². The molecule has 2 rings (SSSR count). The number of carbonyl (C=O) groups excluding carboxylic acids is 1. The molecule has 1 amide bonds. The lowest BCUT2D eigenvalue weighted by Crippen LogP contribution is -2.33. The van der Waals surface area contributed by atoms with Crippen LogP contribution < -0.4 is 0 Å². The molecule has 0 bridgehead atoms. The minimum absolute atomic E-state index is 0.0765. The number of rotatable bonds is 6. The number of carbonyl (C=O) groups is 1. The maximum absolute atomic E-state index is 12.0. The van der Waals surface area contributed by atoms with E-state index in [1.165, 1.54) is 4.90 Å². The molecule has 1 N–H and O–H groups in total. The first-order chi connectivity index (χ1) is 8.26. The van der Waals surface area contributed by atoms with Crippen molar-refractivity contribution in [3.63, 3.8) is 0 Å². The van der Waals surface area contributed by atoms with Crippen LogP contribution in [0.1, 0.15) is 35.0 Å². The van der Waals surface area contributed by atoms with Crippen LogP contribution in [0, 0.1) is 0 Å². The number of aliphatic hydroxyl groups excluding tert-OH is 1. The Labute approximate surface area is 99.7 Å². The molecule has 5 heteroatoms. The van der Waals surface area contributed by atoms with E-state index in [1.807, 2.05) is 0 Å². The molecule has 0 atom stereocenters. The Bertz CT molecular complexity index is 410.